The highest BCUT2D eigenvalue weighted by atomic mass is 19.1. The molecule has 22 heavy (non-hydrogen) atoms. The molecule has 0 spiro atoms. The van der Waals surface area contributed by atoms with Crippen molar-refractivity contribution in [2.24, 2.45) is 0 Å². The molecule has 1 unspecified atom stereocenters. The highest BCUT2D eigenvalue weighted by Gasteiger charge is 2.10. The van der Waals surface area contributed by atoms with E-state index < -0.39 is 6.10 Å². The molecule has 1 aromatic carbocycles. The Morgan fingerprint density at radius 1 is 1.41 bits per heavy atom. The second-order valence-electron chi connectivity index (χ2n) is 5.03. The van der Waals surface area contributed by atoms with Gasteiger partial charge in [-0.2, -0.15) is 4.98 Å². The number of carbonyl (C=O) groups is 1. The molecule has 2 N–H and O–H groups in total. The molecule has 1 atom stereocenters. The predicted molar refractivity (Wildman–Crippen MR) is 77.3 cm³/mol. The summed E-state index contributed by atoms with van der Waals surface area (Å²) in [6.45, 7) is 1.85. The molecule has 1 heterocycles. The Morgan fingerprint density at radius 2 is 2.14 bits per heavy atom. The van der Waals surface area contributed by atoms with Gasteiger partial charge in [-0.3, -0.25) is 4.79 Å². The molecule has 0 radical (unpaired) electrons. The molecule has 1 amide bonds. The van der Waals surface area contributed by atoms with Crippen molar-refractivity contribution in [3.05, 3.63) is 36.0 Å². The van der Waals surface area contributed by atoms with E-state index in [9.17, 15) is 9.18 Å². The fourth-order valence-corrected chi connectivity index (χ4v) is 1.82. The summed E-state index contributed by atoms with van der Waals surface area (Å²) in [6, 6.07) is 5.82. The number of aryl methyl sites for hydroxylation is 1. The number of hydrogen-bond donors (Lipinski definition) is 2. The summed E-state index contributed by atoms with van der Waals surface area (Å²) in [5.41, 5.74) is 0.672. The van der Waals surface area contributed by atoms with E-state index in [1.165, 1.54) is 12.1 Å². The molecule has 7 heteroatoms. The van der Waals surface area contributed by atoms with Crippen LogP contribution in [0.2, 0.25) is 0 Å². The Morgan fingerprint density at radius 3 is 2.82 bits per heavy atom. The molecule has 2 aromatic rings. The van der Waals surface area contributed by atoms with Crippen LogP contribution in [-0.2, 0) is 11.2 Å². The average molecular weight is 307 g/mol. The number of aliphatic hydroxyl groups excluding tert-OH is 1. The Hall–Kier alpha value is -2.28. The third-order valence-corrected chi connectivity index (χ3v) is 2.96. The van der Waals surface area contributed by atoms with Crippen molar-refractivity contribution >= 4 is 5.91 Å². The van der Waals surface area contributed by atoms with Crippen molar-refractivity contribution in [2.45, 2.75) is 32.3 Å². The fourth-order valence-electron chi connectivity index (χ4n) is 1.82. The first-order valence-electron chi connectivity index (χ1n) is 7.08. The molecular formula is C15H18FN3O3. The van der Waals surface area contributed by atoms with Crippen LogP contribution in [0.25, 0.3) is 11.4 Å². The Balaban J connectivity index is 1.80. The summed E-state index contributed by atoms with van der Waals surface area (Å²) < 4.78 is 17.9. The quantitative estimate of drug-likeness (QED) is 0.812. The number of nitrogens with zero attached hydrogens (tertiary/aromatic N) is 2. The van der Waals surface area contributed by atoms with Crippen LogP contribution in [-0.4, -0.2) is 33.8 Å². The third kappa shape index (κ3) is 4.92. The van der Waals surface area contributed by atoms with Crippen molar-refractivity contribution in [1.82, 2.24) is 15.5 Å². The third-order valence-electron chi connectivity index (χ3n) is 2.96. The van der Waals surface area contributed by atoms with Crippen LogP contribution >= 0.6 is 0 Å². The minimum Gasteiger partial charge on any atom is -0.392 e. The van der Waals surface area contributed by atoms with Crippen molar-refractivity contribution in [3.8, 4) is 11.4 Å². The van der Waals surface area contributed by atoms with Crippen LogP contribution in [0.1, 0.15) is 25.7 Å². The Bertz CT molecular complexity index is 611. The molecule has 0 fully saturated rings. The molecule has 118 valence electrons. The number of amides is 1. The lowest BCUT2D eigenvalue weighted by Gasteiger charge is -2.05. The number of hydrogen-bond acceptors (Lipinski definition) is 5. The van der Waals surface area contributed by atoms with E-state index in [4.69, 9.17) is 9.63 Å². The summed E-state index contributed by atoms with van der Waals surface area (Å²) in [6.07, 6.45) is 0.812. The number of halogens is 1. The zero-order valence-corrected chi connectivity index (χ0v) is 12.3. The zero-order valence-electron chi connectivity index (χ0n) is 12.3. The number of rotatable bonds is 7. The van der Waals surface area contributed by atoms with E-state index in [1.807, 2.05) is 0 Å². The topological polar surface area (TPSA) is 88.2 Å². The minimum absolute atomic E-state index is 0.126. The van der Waals surface area contributed by atoms with Gasteiger partial charge in [-0.05, 0) is 37.6 Å². The molecule has 0 saturated heterocycles. The Labute approximate surface area is 127 Å². The molecule has 6 nitrogen and oxygen atoms in total. The largest absolute Gasteiger partial charge is 0.392 e. The Kier molecular flexibility index (Phi) is 5.60. The summed E-state index contributed by atoms with van der Waals surface area (Å²) in [4.78, 5) is 15.7. The van der Waals surface area contributed by atoms with E-state index >= 15 is 0 Å². The highest BCUT2D eigenvalue weighted by Crippen LogP contribution is 2.16. The van der Waals surface area contributed by atoms with E-state index in [-0.39, 0.29) is 18.3 Å². The lowest BCUT2D eigenvalue weighted by Crippen LogP contribution is -2.30. The first kappa shape index (κ1) is 16.1. The monoisotopic (exact) mass is 307 g/mol. The number of benzene rings is 1. The van der Waals surface area contributed by atoms with Crippen LogP contribution < -0.4 is 5.32 Å². The smallest absolute Gasteiger partial charge is 0.226 e. The SMILES string of the molecule is CC(O)CNC(=O)CCCc1nc(-c2ccc(F)cc2)no1. The molecule has 0 aliphatic rings. The van der Waals surface area contributed by atoms with Gasteiger partial charge in [0.15, 0.2) is 0 Å². The highest BCUT2D eigenvalue weighted by molar-refractivity contribution is 5.75. The number of aliphatic hydroxyl groups is 1. The van der Waals surface area contributed by atoms with Crippen LogP contribution in [0.3, 0.4) is 0 Å². The lowest BCUT2D eigenvalue weighted by molar-refractivity contribution is -0.121. The van der Waals surface area contributed by atoms with Gasteiger partial charge in [-0.1, -0.05) is 5.16 Å². The van der Waals surface area contributed by atoms with Gasteiger partial charge in [0, 0.05) is 24.9 Å². The van der Waals surface area contributed by atoms with Crippen molar-refractivity contribution in [1.29, 1.82) is 0 Å². The molecule has 0 aliphatic heterocycles. The van der Waals surface area contributed by atoms with Crippen LogP contribution in [0, 0.1) is 5.82 Å². The normalized spacial score (nSPS) is 12.1. The zero-order chi connectivity index (χ0) is 15.9. The maximum Gasteiger partial charge on any atom is 0.226 e. The van der Waals surface area contributed by atoms with Gasteiger partial charge >= 0.3 is 0 Å². The molecule has 1 aromatic heterocycles. The maximum atomic E-state index is 12.8. The van der Waals surface area contributed by atoms with Gasteiger partial charge in [0.2, 0.25) is 17.6 Å². The van der Waals surface area contributed by atoms with Crippen molar-refractivity contribution in [3.63, 3.8) is 0 Å². The van der Waals surface area contributed by atoms with E-state index in [0.717, 1.165) is 0 Å². The summed E-state index contributed by atoms with van der Waals surface area (Å²) >= 11 is 0. The molecule has 2 rings (SSSR count). The number of carbonyl (C=O) groups excluding carboxylic acids is 1. The number of nitrogens with one attached hydrogen (secondary N) is 1. The van der Waals surface area contributed by atoms with Crippen LogP contribution in [0.4, 0.5) is 4.39 Å². The fraction of sp³-hybridized carbons (Fsp3) is 0.400. The van der Waals surface area contributed by atoms with Crippen LogP contribution in [0.5, 0.6) is 0 Å². The van der Waals surface area contributed by atoms with Crippen molar-refractivity contribution < 1.29 is 18.8 Å². The second kappa shape index (κ2) is 7.65. The van der Waals surface area contributed by atoms with Gasteiger partial charge < -0.3 is 14.9 Å². The van der Waals surface area contributed by atoms with E-state index in [2.05, 4.69) is 15.5 Å². The van der Waals surface area contributed by atoms with Gasteiger partial charge in [-0.25, -0.2) is 4.39 Å². The van der Waals surface area contributed by atoms with E-state index in [0.29, 0.717) is 36.5 Å². The van der Waals surface area contributed by atoms with Crippen molar-refractivity contribution in [2.75, 3.05) is 6.54 Å². The summed E-state index contributed by atoms with van der Waals surface area (Å²) in [7, 11) is 0. The second-order valence-corrected chi connectivity index (χ2v) is 5.03. The number of aromatic nitrogens is 2. The van der Waals surface area contributed by atoms with Gasteiger partial charge in [0.1, 0.15) is 5.82 Å². The van der Waals surface area contributed by atoms with Gasteiger partial charge in [-0.15, -0.1) is 0 Å². The summed E-state index contributed by atoms with van der Waals surface area (Å²) in [5, 5.41) is 15.5. The van der Waals surface area contributed by atoms with Gasteiger partial charge in [0.25, 0.3) is 0 Å². The van der Waals surface area contributed by atoms with Gasteiger partial charge in [0.05, 0.1) is 6.10 Å². The molecule has 0 saturated carbocycles. The summed E-state index contributed by atoms with van der Waals surface area (Å²) in [5.74, 6) is 0.381. The first-order chi connectivity index (χ1) is 10.5. The molecular weight excluding hydrogens is 289 g/mol. The standard InChI is InChI=1S/C15H18FN3O3/c1-10(20)9-17-13(21)3-2-4-14-18-15(19-22-14)11-5-7-12(16)8-6-11/h5-8,10,20H,2-4,9H2,1H3,(H,17,21). The average Bonchev–Trinajstić information content (AvgIpc) is 2.95. The first-order valence-corrected chi connectivity index (χ1v) is 7.08. The van der Waals surface area contributed by atoms with E-state index in [1.54, 1.807) is 19.1 Å². The lowest BCUT2D eigenvalue weighted by atomic mass is 10.2. The maximum absolute atomic E-state index is 12.8. The molecule has 0 bridgehead atoms. The predicted octanol–water partition coefficient (Wildman–Crippen LogP) is 1.70. The minimum atomic E-state index is -0.557. The molecule has 0 aliphatic carbocycles. The van der Waals surface area contributed by atoms with Crippen LogP contribution in [0.15, 0.2) is 28.8 Å².